The van der Waals surface area contributed by atoms with Crippen LogP contribution in [-0.2, 0) is 6.42 Å². The first-order valence-corrected chi connectivity index (χ1v) is 7.63. The highest BCUT2D eigenvalue weighted by Gasteiger charge is 2.31. The Morgan fingerprint density at radius 1 is 1.58 bits per heavy atom. The van der Waals surface area contributed by atoms with Gasteiger partial charge in [0.1, 0.15) is 17.6 Å². The molecule has 1 amide bonds. The number of carbonyl (C=O) groups is 1. The van der Waals surface area contributed by atoms with E-state index in [1.165, 1.54) is 0 Å². The third-order valence-corrected chi connectivity index (χ3v) is 3.95. The van der Waals surface area contributed by atoms with Gasteiger partial charge in [-0.3, -0.25) is 0 Å². The number of pyridine rings is 1. The zero-order chi connectivity index (χ0) is 17.3. The Balaban J connectivity index is 1.86. The summed E-state index contributed by atoms with van der Waals surface area (Å²) in [7, 11) is 0. The van der Waals surface area contributed by atoms with Gasteiger partial charge >= 0.3 is 6.09 Å². The first-order chi connectivity index (χ1) is 11.5. The average Bonchev–Trinajstić information content (AvgIpc) is 2.99. The molecule has 0 saturated carbocycles. The maximum Gasteiger partial charge on any atom is 0.405 e. The molecule has 2 aromatic heterocycles. The Morgan fingerprint density at radius 3 is 2.92 bits per heavy atom. The lowest BCUT2D eigenvalue weighted by Crippen LogP contribution is -2.59. The summed E-state index contributed by atoms with van der Waals surface area (Å²) in [5.41, 5.74) is 1.82. The van der Waals surface area contributed by atoms with Crippen LogP contribution < -0.4 is 10.2 Å². The second-order valence-electron chi connectivity index (χ2n) is 5.64. The van der Waals surface area contributed by atoms with Crippen molar-refractivity contribution in [3.63, 3.8) is 0 Å². The molecule has 0 aromatic carbocycles. The average molecular weight is 327 g/mol. The van der Waals surface area contributed by atoms with Gasteiger partial charge in [-0.25, -0.2) is 14.8 Å². The molecule has 0 spiro atoms. The number of nitrogens with one attached hydrogen (secondary N) is 1. The van der Waals surface area contributed by atoms with Crippen LogP contribution in [0, 0.1) is 18.3 Å². The highest BCUT2D eigenvalue weighted by Crippen LogP contribution is 2.30. The van der Waals surface area contributed by atoms with Gasteiger partial charge in [-0.05, 0) is 13.0 Å². The zero-order valence-electron chi connectivity index (χ0n) is 13.4. The number of nitriles is 1. The molecular formula is C16H17N5O3. The highest BCUT2D eigenvalue weighted by molar-refractivity contribution is 5.68. The van der Waals surface area contributed by atoms with Crippen molar-refractivity contribution in [3.05, 3.63) is 29.3 Å². The van der Waals surface area contributed by atoms with Gasteiger partial charge in [0.2, 0.25) is 5.89 Å². The summed E-state index contributed by atoms with van der Waals surface area (Å²) in [4.78, 5) is 21.3. The van der Waals surface area contributed by atoms with E-state index in [1.807, 2.05) is 18.7 Å². The van der Waals surface area contributed by atoms with Gasteiger partial charge in [0.25, 0.3) is 0 Å². The van der Waals surface area contributed by atoms with Gasteiger partial charge < -0.3 is 19.7 Å². The number of carboxylic acid groups (broad SMARTS) is 1. The van der Waals surface area contributed by atoms with Crippen molar-refractivity contribution in [2.45, 2.75) is 26.3 Å². The number of hydrogen-bond acceptors (Lipinski definition) is 6. The predicted octanol–water partition coefficient (Wildman–Crippen LogP) is 1.94. The monoisotopic (exact) mass is 327 g/mol. The molecule has 0 radical (unpaired) electrons. The highest BCUT2D eigenvalue weighted by atomic mass is 16.4. The molecule has 0 atom stereocenters. The van der Waals surface area contributed by atoms with Crippen molar-refractivity contribution in [2.75, 3.05) is 18.0 Å². The van der Waals surface area contributed by atoms with Crippen LogP contribution in [0.15, 0.2) is 16.7 Å². The molecule has 2 aromatic rings. The molecule has 1 aliphatic rings. The van der Waals surface area contributed by atoms with E-state index in [2.05, 4.69) is 21.4 Å². The molecule has 24 heavy (non-hydrogen) atoms. The Bertz CT molecular complexity index is 818. The summed E-state index contributed by atoms with van der Waals surface area (Å²) < 4.78 is 5.65. The normalized spacial score (nSPS) is 14.1. The summed E-state index contributed by atoms with van der Waals surface area (Å²) in [6.07, 6.45) is 1.37. The SMILES string of the molecule is CCc1cnc(-c2cc(C#N)c(N3CC(NC(=O)O)C3)nc2C)o1. The number of rotatable bonds is 4. The van der Waals surface area contributed by atoms with Crippen LogP contribution in [0.1, 0.15) is 23.9 Å². The molecule has 3 rings (SSSR count). The van der Waals surface area contributed by atoms with Crippen molar-refractivity contribution >= 4 is 11.9 Å². The van der Waals surface area contributed by atoms with Crippen LogP contribution in [0.2, 0.25) is 0 Å². The van der Waals surface area contributed by atoms with Crippen LogP contribution in [0.25, 0.3) is 11.5 Å². The van der Waals surface area contributed by atoms with Crippen LogP contribution in [-0.4, -0.2) is 40.3 Å². The lowest BCUT2D eigenvalue weighted by atomic mass is 10.1. The van der Waals surface area contributed by atoms with Crippen LogP contribution in [0.3, 0.4) is 0 Å². The molecule has 0 bridgehead atoms. The number of anilines is 1. The topological polar surface area (TPSA) is 115 Å². The summed E-state index contributed by atoms with van der Waals surface area (Å²) in [5.74, 6) is 1.79. The minimum atomic E-state index is -1.05. The second-order valence-corrected chi connectivity index (χ2v) is 5.64. The molecule has 8 heteroatoms. The zero-order valence-corrected chi connectivity index (χ0v) is 13.4. The number of nitrogens with zero attached hydrogens (tertiary/aromatic N) is 4. The van der Waals surface area contributed by atoms with Gasteiger partial charge in [-0.2, -0.15) is 5.26 Å². The molecule has 1 saturated heterocycles. The first kappa shape index (κ1) is 15.8. The molecule has 8 nitrogen and oxygen atoms in total. The fraction of sp³-hybridized carbons (Fsp3) is 0.375. The van der Waals surface area contributed by atoms with Gasteiger partial charge in [0.05, 0.1) is 29.1 Å². The van der Waals surface area contributed by atoms with E-state index >= 15 is 0 Å². The molecule has 1 aliphatic heterocycles. The van der Waals surface area contributed by atoms with Gasteiger partial charge in [0.15, 0.2) is 0 Å². The number of amides is 1. The van der Waals surface area contributed by atoms with Gasteiger partial charge in [-0.15, -0.1) is 0 Å². The van der Waals surface area contributed by atoms with Crippen LogP contribution >= 0.6 is 0 Å². The quantitative estimate of drug-likeness (QED) is 0.881. The molecule has 1 fully saturated rings. The van der Waals surface area contributed by atoms with Crippen molar-refractivity contribution < 1.29 is 14.3 Å². The molecule has 0 aliphatic carbocycles. The van der Waals surface area contributed by atoms with Crippen molar-refractivity contribution in [1.82, 2.24) is 15.3 Å². The van der Waals surface area contributed by atoms with E-state index in [0.717, 1.165) is 12.2 Å². The maximum atomic E-state index is 10.6. The fourth-order valence-electron chi connectivity index (χ4n) is 2.65. The molecule has 0 unspecified atom stereocenters. The summed E-state index contributed by atoms with van der Waals surface area (Å²) in [5, 5.41) is 20.6. The number of aryl methyl sites for hydroxylation is 2. The summed E-state index contributed by atoms with van der Waals surface area (Å²) in [6.45, 7) is 4.80. The van der Waals surface area contributed by atoms with E-state index in [9.17, 15) is 10.1 Å². The summed E-state index contributed by atoms with van der Waals surface area (Å²) >= 11 is 0. The minimum Gasteiger partial charge on any atom is -0.465 e. The third-order valence-electron chi connectivity index (χ3n) is 3.95. The van der Waals surface area contributed by atoms with Crippen molar-refractivity contribution in [2.24, 2.45) is 0 Å². The van der Waals surface area contributed by atoms with Gasteiger partial charge in [-0.1, -0.05) is 6.92 Å². The minimum absolute atomic E-state index is 0.144. The Morgan fingerprint density at radius 2 is 2.33 bits per heavy atom. The Labute approximate surface area is 138 Å². The number of oxazole rings is 1. The Kier molecular flexibility index (Phi) is 4.08. The van der Waals surface area contributed by atoms with Crippen LogP contribution in [0.4, 0.5) is 10.6 Å². The predicted molar refractivity (Wildman–Crippen MR) is 85.7 cm³/mol. The third kappa shape index (κ3) is 2.88. The first-order valence-electron chi connectivity index (χ1n) is 7.63. The summed E-state index contributed by atoms with van der Waals surface area (Å²) in [6, 6.07) is 3.73. The van der Waals surface area contributed by atoms with E-state index in [1.54, 1.807) is 12.3 Å². The van der Waals surface area contributed by atoms with Gasteiger partial charge in [0, 0.05) is 19.5 Å². The smallest absolute Gasteiger partial charge is 0.405 e. The largest absolute Gasteiger partial charge is 0.465 e. The molecular weight excluding hydrogens is 310 g/mol. The van der Waals surface area contributed by atoms with E-state index in [0.29, 0.717) is 41.6 Å². The Hall–Kier alpha value is -3.08. The fourth-order valence-corrected chi connectivity index (χ4v) is 2.65. The number of hydrogen-bond donors (Lipinski definition) is 2. The molecule has 2 N–H and O–H groups in total. The van der Waals surface area contributed by atoms with Crippen molar-refractivity contribution in [3.8, 4) is 17.5 Å². The standard InChI is InChI=1S/C16H17N5O3/c1-3-12-6-18-15(24-12)13-4-10(5-17)14(19-9(13)2)21-7-11(8-21)20-16(22)23/h4,6,11,20H,3,7-8H2,1-2H3,(H,22,23). The lowest BCUT2D eigenvalue weighted by Gasteiger charge is -2.40. The van der Waals surface area contributed by atoms with E-state index in [4.69, 9.17) is 9.52 Å². The maximum absolute atomic E-state index is 10.6. The molecule has 124 valence electrons. The van der Waals surface area contributed by atoms with Crippen LogP contribution in [0.5, 0.6) is 0 Å². The molecule has 3 heterocycles. The van der Waals surface area contributed by atoms with E-state index < -0.39 is 6.09 Å². The van der Waals surface area contributed by atoms with E-state index in [-0.39, 0.29) is 6.04 Å². The number of aromatic nitrogens is 2. The van der Waals surface area contributed by atoms with Crippen molar-refractivity contribution in [1.29, 1.82) is 5.26 Å². The second kappa shape index (κ2) is 6.20. The lowest BCUT2D eigenvalue weighted by molar-refractivity contribution is 0.187.